The molecule has 0 spiro atoms. The summed E-state index contributed by atoms with van der Waals surface area (Å²) >= 11 is -2.40. The Bertz CT molecular complexity index is 349. The zero-order chi connectivity index (χ0) is 10.6. The van der Waals surface area contributed by atoms with Gasteiger partial charge in [-0.15, -0.1) is 0 Å². The molecule has 1 atom stereocenters. The molecule has 0 bridgehead atoms. The lowest BCUT2D eigenvalue weighted by molar-refractivity contribution is 0.206. The number of amides is 1. The molecule has 0 radical (unpaired) electrons. The van der Waals surface area contributed by atoms with Gasteiger partial charge in [-0.2, -0.15) is 0 Å². The van der Waals surface area contributed by atoms with Gasteiger partial charge in [-0.25, -0.2) is 13.7 Å². The highest BCUT2D eigenvalue weighted by Gasteiger charge is 2.05. The summed E-state index contributed by atoms with van der Waals surface area (Å²) in [6.07, 6.45) is -0.963. The van der Waals surface area contributed by atoms with Crippen LogP contribution in [-0.4, -0.2) is 14.9 Å². The average Bonchev–Trinajstić information content (AvgIpc) is 2.07. The maximum Gasteiger partial charge on any atom is 0.426 e. The van der Waals surface area contributed by atoms with Crippen LogP contribution >= 0.6 is 0 Å². The molecule has 1 aromatic rings. The lowest BCUT2D eigenvalue weighted by Gasteiger charge is -2.03. The van der Waals surface area contributed by atoms with E-state index in [-0.39, 0.29) is 0 Å². The summed E-state index contributed by atoms with van der Waals surface area (Å²) in [5, 5.41) is 0. The van der Waals surface area contributed by atoms with E-state index in [1.807, 2.05) is 6.92 Å². The van der Waals surface area contributed by atoms with Crippen molar-refractivity contribution in [1.82, 2.24) is 4.72 Å². The van der Waals surface area contributed by atoms with E-state index in [1.54, 1.807) is 29.0 Å². The quantitative estimate of drug-likeness (QED) is 0.727. The van der Waals surface area contributed by atoms with Crippen molar-refractivity contribution in [2.24, 2.45) is 0 Å². The number of benzene rings is 1. The molecule has 1 rings (SSSR count). The van der Waals surface area contributed by atoms with E-state index in [4.69, 9.17) is 4.55 Å². The number of rotatable bonds is 2. The Kier molecular flexibility index (Phi) is 3.61. The molecule has 0 saturated heterocycles. The summed E-state index contributed by atoms with van der Waals surface area (Å²) in [5.41, 5.74) is 1.03. The number of hydrogen-bond acceptors (Lipinski definition) is 3. The third kappa shape index (κ3) is 3.55. The minimum atomic E-state index is -2.40. The van der Waals surface area contributed by atoms with Gasteiger partial charge in [-0.05, 0) is 19.1 Å². The second kappa shape index (κ2) is 4.73. The van der Waals surface area contributed by atoms with Crippen LogP contribution in [0, 0.1) is 6.92 Å². The minimum absolute atomic E-state index is 0.318. The van der Waals surface area contributed by atoms with Crippen LogP contribution in [0.4, 0.5) is 4.79 Å². The summed E-state index contributed by atoms with van der Waals surface area (Å²) in [6, 6.07) is 6.71. The standard InChI is InChI=1S/C8H9NO4S/c1-6-2-4-7(5-3-6)13-8(10)9-14(11)12/h2-5H,1H3,(H,9,10)(H,11,12). The van der Waals surface area contributed by atoms with E-state index in [9.17, 15) is 9.00 Å². The smallest absolute Gasteiger partial charge is 0.410 e. The van der Waals surface area contributed by atoms with Gasteiger partial charge in [0.05, 0.1) is 0 Å². The molecule has 0 aliphatic carbocycles. The van der Waals surface area contributed by atoms with Gasteiger partial charge in [0.25, 0.3) is 11.3 Å². The normalized spacial score (nSPS) is 11.9. The molecule has 14 heavy (non-hydrogen) atoms. The van der Waals surface area contributed by atoms with Crippen molar-refractivity contribution < 1.29 is 18.3 Å². The van der Waals surface area contributed by atoms with Gasteiger partial charge in [-0.3, -0.25) is 4.55 Å². The van der Waals surface area contributed by atoms with Crippen LogP contribution in [-0.2, 0) is 11.3 Å². The van der Waals surface area contributed by atoms with E-state index in [0.717, 1.165) is 5.56 Å². The predicted octanol–water partition coefficient (Wildman–Crippen LogP) is 1.22. The summed E-state index contributed by atoms with van der Waals surface area (Å²) in [5.74, 6) is 0.318. The van der Waals surface area contributed by atoms with E-state index in [0.29, 0.717) is 5.75 Å². The van der Waals surface area contributed by atoms with Gasteiger partial charge in [0.1, 0.15) is 5.75 Å². The maximum atomic E-state index is 10.8. The second-order valence-electron chi connectivity index (χ2n) is 2.55. The van der Waals surface area contributed by atoms with Crippen LogP contribution in [0.3, 0.4) is 0 Å². The average molecular weight is 215 g/mol. The molecule has 0 aliphatic rings. The van der Waals surface area contributed by atoms with Crippen molar-refractivity contribution in [3.05, 3.63) is 29.8 Å². The molecule has 1 amide bonds. The van der Waals surface area contributed by atoms with Crippen LogP contribution in [0.25, 0.3) is 0 Å². The van der Waals surface area contributed by atoms with Crippen LogP contribution < -0.4 is 9.46 Å². The Morgan fingerprint density at radius 3 is 2.50 bits per heavy atom. The summed E-state index contributed by atoms with van der Waals surface area (Å²) in [6.45, 7) is 1.90. The molecule has 0 aliphatic heterocycles. The van der Waals surface area contributed by atoms with Crippen LogP contribution in [0.5, 0.6) is 5.75 Å². The van der Waals surface area contributed by atoms with E-state index in [1.165, 1.54) is 0 Å². The summed E-state index contributed by atoms with van der Waals surface area (Å²) in [4.78, 5) is 10.8. The third-order valence-electron chi connectivity index (χ3n) is 1.40. The Hall–Kier alpha value is -1.40. The highest BCUT2D eigenvalue weighted by Crippen LogP contribution is 2.11. The van der Waals surface area contributed by atoms with Crippen LogP contribution in [0.2, 0.25) is 0 Å². The molecule has 0 fully saturated rings. The van der Waals surface area contributed by atoms with Gasteiger partial charge in [0.2, 0.25) is 0 Å². The van der Waals surface area contributed by atoms with Crippen LogP contribution in [0.15, 0.2) is 24.3 Å². The van der Waals surface area contributed by atoms with Gasteiger partial charge in [0, 0.05) is 0 Å². The van der Waals surface area contributed by atoms with Crippen molar-refractivity contribution in [3.63, 3.8) is 0 Å². The lowest BCUT2D eigenvalue weighted by Crippen LogP contribution is -2.28. The molecule has 0 saturated carbocycles. The molecule has 6 heteroatoms. The first kappa shape index (κ1) is 10.7. The summed E-state index contributed by atoms with van der Waals surface area (Å²) in [7, 11) is 0. The Morgan fingerprint density at radius 1 is 1.43 bits per heavy atom. The number of ether oxygens (including phenoxy) is 1. The molecule has 1 aromatic carbocycles. The fourth-order valence-corrected chi connectivity index (χ4v) is 0.990. The first-order valence-corrected chi connectivity index (χ1v) is 4.84. The van der Waals surface area contributed by atoms with E-state index >= 15 is 0 Å². The topological polar surface area (TPSA) is 75.6 Å². The van der Waals surface area contributed by atoms with Gasteiger partial charge >= 0.3 is 6.09 Å². The van der Waals surface area contributed by atoms with Crippen molar-refractivity contribution in [1.29, 1.82) is 0 Å². The number of aryl methyl sites for hydroxylation is 1. The van der Waals surface area contributed by atoms with Crippen molar-refractivity contribution in [2.45, 2.75) is 6.92 Å². The maximum absolute atomic E-state index is 10.8. The molecule has 0 heterocycles. The van der Waals surface area contributed by atoms with Crippen molar-refractivity contribution >= 4 is 17.4 Å². The fraction of sp³-hybridized carbons (Fsp3) is 0.125. The highest BCUT2D eigenvalue weighted by atomic mass is 32.2. The molecule has 76 valence electrons. The van der Waals surface area contributed by atoms with Gasteiger partial charge < -0.3 is 4.74 Å². The Morgan fingerprint density at radius 2 is 2.00 bits per heavy atom. The zero-order valence-electron chi connectivity index (χ0n) is 7.39. The minimum Gasteiger partial charge on any atom is -0.410 e. The fourth-order valence-electron chi connectivity index (χ4n) is 0.805. The monoisotopic (exact) mass is 215 g/mol. The lowest BCUT2D eigenvalue weighted by atomic mass is 10.2. The number of carbonyl (C=O) groups excluding carboxylic acids is 1. The molecule has 0 aromatic heterocycles. The first-order valence-electron chi connectivity index (χ1n) is 3.74. The molecular weight excluding hydrogens is 206 g/mol. The molecule has 2 N–H and O–H groups in total. The zero-order valence-corrected chi connectivity index (χ0v) is 8.21. The third-order valence-corrected chi connectivity index (χ3v) is 1.74. The number of hydrogen-bond donors (Lipinski definition) is 2. The van der Waals surface area contributed by atoms with E-state index in [2.05, 4.69) is 4.74 Å². The first-order chi connectivity index (χ1) is 6.58. The SMILES string of the molecule is Cc1ccc(OC(=O)NS(=O)O)cc1. The Balaban J connectivity index is 2.56. The van der Waals surface area contributed by atoms with Crippen molar-refractivity contribution in [2.75, 3.05) is 0 Å². The highest BCUT2D eigenvalue weighted by molar-refractivity contribution is 7.77. The predicted molar refractivity (Wildman–Crippen MR) is 51.1 cm³/mol. The molecular formula is C8H9NO4S. The Labute approximate surface area is 83.5 Å². The number of nitrogens with one attached hydrogen (secondary N) is 1. The van der Waals surface area contributed by atoms with Gasteiger partial charge in [0.15, 0.2) is 0 Å². The van der Waals surface area contributed by atoms with Gasteiger partial charge in [-0.1, -0.05) is 17.7 Å². The summed E-state index contributed by atoms with van der Waals surface area (Å²) < 4.78 is 24.8. The second-order valence-corrected chi connectivity index (χ2v) is 3.26. The molecule has 1 unspecified atom stereocenters. The van der Waals surface area contributed by atoms with E-state index < -0.39 is 17.4 Å². The largest absolute Gasteiger partial charge is 0.426 e. The van der Waals surface area contributed by atoms with Crippen molar-refractivity contribution in [3.8, 4) is 5.75 Å². The number of carbonyl (C=O) groups is 1. The van der Waals surface area contributed by atoms with Crippen LogP contribution in [0.1, 0.15) is 5.56 Å². The molecule has 5 nitrogen and oxygen atoms in total.